The Bertz CT molecular complexity index is 337. The second-order valence-electron chi connectivity index (χ2n) is 5.60. The minimum absolute atomic E-state index is 0.537. The minimum atomic E-state index is 0.537. The van der Waals surface area contributed by atoms with Crippen LogP contribution in [-0.2, 0) is 6.42 Å². The van der Waals surface area contributed by atoms with Crippen LogP contribution in [0.5, 0.6) is 0 Å². The molecule has 1 fully saturated rings. The first-order valence-corrected chi connectivity index (χ1v) is 7.65. The molecule has 0 bridgehead atoms. The SMILES string of the molecule is CCc1ccc(C(CC)NCCCC2CC2)cc1. The van der Waals surface area contributed by atoms with Crippen molar-refractivity contribution >= 4 is 0 Å². The molecular weight excluding hydrogens is 218 g/mol. The van der Waals surface area contributed by atoms with Gasteiger partial charge in [0.25, 0.3) is 0 Å². The minimum Gasteiger partial charge on any atom is -0.310 e. The van der Waals surface area contributed by atoms with Crippen molar-refractivity contribution in [2.75, 3.05) is 6.54 Å². The average molecular weight is 245 g/mol. The van der Waals surface area contributed by atoms with Crippen molar-refractivity contribution < 1.29 is 0 Å². The van der Waals surface area contributed by atoms with E-state index in [0.717, 1.165) is 12.3 Å². The lowest BCUT2D eigenvalue weighted by atomic mass is 10.0. The smallest absolute Gasteiger partial charge is 0.0317 e. The third-order valence-electron chi connectivity index (χ3n) is 4.08. The maximum absolute atomic E-state index is 3.71. The molecule has 0 saturated heterocycles. The molecule has 1 heteroatoms. The molecule has 18 heavy (non-hydrogen) atoms. The Hall–Kier alpha value is -0.820. The van der Waals surface area contributed by atoms with Gasteiger partial charge in [-0.15, -0.1) is 0 Å². The Morgan fingerprint density at radius 2 is 1.89 bits per heavy atom. The van der Waals surface area contributed by atoms with Crippen LogP contribution in [0.4, 0.5) is 0 Å². The summed E-state index contributed by atoms with van der Waals surface area (Å²) in [6, 6.07) is 9.66. The summed E-state index contributed by atoms with van der Waals surface area (Å²) in [6.07, 6.45) is 8.04. The summed E-state index contributed by atoms with van der Waals surface area (Å²) in [5.74, 6) is 1.07. The van der Waals surface area contributed by atoms with Gasteiger partial charge in [-0.3, -0.25) is 0 Å². The normalized spacial score (nSPS) is 16.8. The molecule has 1 aliphatic carbocycles. The van der Waals surface area contributed by atoms with Crippen LogP contribution in [0.15, 0.2) is 24.3 Å². The number of rotatable bonds is 8. The van der Waals surface area contributed by atoms with Gasteiger partial charge in [-0.25, -0.2) is 0 Å². The number of aryl methyl sites for hydroxylation is 1. The summed E-state index contributed by atoms with van der Waals surface area (Å²) in [5.41, 5.74) is 2.88. The predicted octanol–water partition coefficient (Wildman–Crippen LogP) is 4.48. The summed E-state index contributed by atoms with van der Waals surface area (Å²) in [5, 5.41) is 3.71. The largest absolute Gasteiger partial charge is 0.310 e. The van der Waals surface area contributed by atoms with E-state index in [2.05, 4.69) is 43.4 Å². The topological polar surface area (TPSA) is 12.0 Å². The van der Waals surface area contributed by atoms with Crippen LogP contribution in [0.1, 0.15) is 63.1 Å². The van der Waals surface area contributed by atoms with Gasteiger partial charge in [0.15, 0.2) is 0 Å². The lowest BCUT2D eigenvalue weighted by Crippen LogP contribution is -2.22. The van der Waals surface area contributed by atoms with Gasteiger partial charge in [0.05, 0.1) is 0 Å². The number of benzene rings is 1. The molecular formula is C17H27N. The molecule has 1 atom stereocenters. The van der Waals surface area contributed by atoms with Crippen LogP contribution in [0.25, 0.3) is 0 Å². The fourth-order valence-electron chi connectivity index (χ4n) is 2.56. The molecule has 0 heterocycles. The van der Waals surface area contributed by atoms with Crippen molar-refractivity contribution in [3.63, 3.8) is 0 Å². The second kappa shape index (κ2) is 6.94. The molecule has 1 saturated carbocycles. The summed E-state index contributed by atoms with van der Waals surface area (Å²) in [6.45, 7) is 5.65. The maximum atomic E-state index is 3.71. The highest BCUT2D eigenvalue weighted by Crippen LogP contribution is 2.33. The molecule has 100 valence electrons. The molecule has 0 aromatic heterocycles. The molecule has 1 aliphatic rings. The van der Waals surface area contributed by atoms with Gasteiger partial charge < -0.3 is 5.32 Å². The molecule has 1 nitrogen and oxygen atoms in total. The first kappa shape index (κ1) is 13.6. The van der Waals surface area contributed by atoms with Gasteiger partial charge in [0.1, 0.15) is 0 Å². The standard InChI is InChI=1S/C17H27N/c1-3-14-9-11-16(12-10-14)17(4-2)18-13-5-6-15-7-8-15/h9-12,15,17-18H,3-8,13H2,1-2H3. The van der Waals surface area contributed by atoms with Gasteiger partial charge in [-0.05, 0) is 49.3 Å². The summed E-state index contributed by atoms with van der Waals surface area (Å²) in [4.78, 5) is 0. The van der Waals surface area contributed by atoms with Crippen molar-refractivity contribution in [3.05, 3.63) is 35.4 Å². The average Bonchev–Trinajstić information content (AvgIpc) is 3.23. The van der Waals surface area contributed by atoms with E-state index >= 15 is 0 Å². The first-order chi connectivity index (χ1) is 8.83. The van der Waals surface area contributed by atoms with Crippen LogP contribution in [0, 0.1) is 5.92 Å². The molecule has 1 N–H and O–H groups in total. The fraction of sp³-hybridized carbons (Fsp3) is 0.647. The number of hydrogen-bond donors (Lipinski definition) is 1. The van der Waals surface area contributed by atoms with Crippen molar-refractivity contribution in [1.29, 1.82) is 0 Å². The lowest BCUT2D eigenvalue weighted by Gasteiger charge is -2.17. The highest BCUT2D eigenvalue weighted by Gasteiger charge is 2.20. The Balaban J connectivity index is 1.78. The predicted molar refractivity (Wildman–Crippen MR) is 78.8 cm³/mol. The van der Waals surface area contributed by atoms with E-state index in [4.69, 9.17) is 0 Å². The molecule has 1 unspecified atom stereocenters. The molecule has 0 aliphatic heterocycles. The van der Waals surface area contributed by atoms with Crippen molar-refractivity contribution in [2.45, 2.75) is 58.4 Å². The van der Waals surface area contributed by atoms with Crippen LogP contribution < -0.4 is 5.32 Å². The van der Waals surface area contributed by atoms with Crippen LogP contribution in [0.3, 0.4) is 0 Å². The molecule has 1 aromatic carbocycles. The van der Waals surface area contributed by atoms with Gasteiger partial charge in [-0.2, -0.15) is 0 Å². The zero-order chi connectivity index (χ0) is 12.8. The Kier molecular flexibility index (Phi) is 5.25. The summed E-state index contributed by atoms with van der Waals surface area (Å²) < 4.78 is 0. The number of hydrogen-bond acceptors (Lipinski definition) is 1. The Morgan fingerprint density at radius 1 is 1.17 bits per heavy atom. The molecule has 1 aromatic rings. The van der Waals surface area contributed by atoms with Crippen LogP contribution in [0.2, 0.25) is 0 Å². The van der Waals surface area contributed by atoms with Gasteiger partial charge in [-0.1, -0.05) is 51.0 Å². The quantitative estimate of drug-likeness (QED) is 0.666. The van der Waals surface area contributed by atoms with E-state index < -0.39 is 0 Å². The zero-order valence-electron chi connectivity index (χ0n) is 11.9. The zero-order valence-corrected chi connectivity index (χ0v) is 11.9. The fourth-order valence-corrected chi connectivity index (χ4v) is 2.56. The van der Waals surface area contributed by atoms with E-state index in [1.54, 1.807) is 0 Å². The van der Waals surface area contributed by atoms with Crippen molar-refractivity contribution in [1.82, 2.24) is 5.32 Å². The molecule has 0 spiro atoms. The van der Waals surface area contributed by atoms with E-state index in [1.807, 2.05) is 0 Å². The van der Waals surface area contributed by atoms with Gasteiger partial charge in [0, 0.05) is 6.04 Å². The van der Waals surface area contributed by atoms with Crippen LogP contribution in [-0.4, -0.2) is 6.54 Å². The first-order valence-electron chi connectivity index (χ1n) is 7.65. The Morgan fingerprint density at radius 3 is 2.44 bits per heavy atom. The summed E-state index contributed by atoms with van der Waals surface area (Å²) >= 11 is 0. The van der Waals surface area contributed by atoms with E-state index in [1.165, 1.54) is 49.8 Å². The van der Waals surface area contributed by atoms with E-state index in [-0.39, 0.29) is 0 Å². The summed E-state index contributed by atoms with van der Waals surface area (Å²) in [7, 11) is 0. The van der Waals surface area contributed by atoms with E-state index in [0.29, 0.717) is 6.04 Å². The molecule has 0 amide bonds. The lowest BCUT2D eigenvalue weighted by molar-refractivity contribution is 0.495. The van der Waals surface area contributed by atoms with Crippen LogP contribution >= 0.6 is 0 Å². The Labute approximate surface area is 112 Å². The van der Waals surface area contributed by atoms with E-state index in [9.17, 15) is 0 Å². The van der Waals surface area contributed by atoms with Gasteiger partial charge >= 0.3 is 0 Å². The number of nitrogens with one attached hydrogen (secondary N) is 1. The van der Waals surface area contributed by atoms with Gasteiger partial charge in [0.2, 0.25) is 0 Å². The maximum Gasteiger partial charge on any atom is 0.0317 e. The monoisotopic (exact) mass is 245 g/mol. The molecule has 2 rings (SSSR count). The molecule has 0 radical (unpaired) electrons. The van der Waals surface area contributed by atoms with Crippen molar-refractivity contribution in [2.24, 2.45) is 5.92 Å². The highest BCUT2D eigenvalue weighted by molar-refractivity contribution is 5.24. The third-order valence-corrected chi connectivity index (χ3v) is 4.08. The second-order valence-corrected chi connectivity index (χ2v) is 5.60. The van der Waals surface area contributed by atoms with Crippen molar-refractivity contribution in [3.8, 4) is 0 Å². The highest BCUT2D eigenvalue weighted by atomic mass is 14.9. The third kappa shape index (κ3) is 4.13.